The van der Waals surface area contributed by atoms with Gasteiger partial charge in [0.15, 0.2) is 18.1 Å². The Labute approximate surface area is 182 Å². The smallest absolute Gasteiger partial charge is 0.338 e. The summed E-state index contributed by atoms with van der Waals surface area (Å²) in [6.45, 7) is 5.75. The Hall–Kier alpha value is -3.03. The van der Waals surface area contributed by atoms with E-state index in [1.54, 1.807) is 12.1 Å². The molecule has 31 heavy (non-hydrogen) atoms. The molecule has 8 heteroatoms. The van der Waals surface area contributed by atoms with Crippen molar-refractivity contribution in [3.05, 3.63) is 40.8 Å². The molecule has 1 aromatic carbocycles. The van der Waals surface area contributed by atoms with E-state index in [1.807, 2.05) is 13.8 Å². The Morgan fingerprint density at radius 2 is 1.97 bits per heavy atom. The number of hydrogen-bond acceptors (Lipinski definition) is 7. The van der Waals surface area contributed by atoms with Crippen LogP contribution in [0.15, 0.2) is 22.7 Å². The maximum Gasteiger partial charge on any atom is 0.338 e. The van der Waals surface area contributed by atoms with Gasteiger partial charge in [-0.1, -0.05) is 24.9 Å². The van der Waals surface area contributed by atoms with E-state index >= 15 is 0 Å². The molecule has 1 amide bonds. The number of benzene rings is 1. The standard InChI is InChI=1S/C23H30N2O6/c1-14-7-5-6-8-19(14)24-22(26)13-30-23(27)17-9-10-20(21(11-17)28-4)29-12-18-15(2)25-31-16(18)3/h9-11,14,19H,5-8,12-13H2,1-4H3,(H,24,26)/t14-,19-/m1/s1. The maximum atomic E-state index is 12.4. The summed E-state index contributed by atoms with van der Waals surface area (Å²) in [5, 5.41) is 6.88. The van der Waals surface area contributed by atoms with Gasteiger partial charge in [0.2, 0.25) is 0 Å². The summed E-state index contributed by atoms with van der Waals surface area (Å²) < 4.78 is 21.5. The summed E-state index contributed by atoms with van der Waals surface area (Å²) in [6, 6.07) is 4.90. The van der Waals surface area contributed by atoms with E-state index in [1.165, 1.54) is 19.6 Å². The molecule has 1 aliphatic carbocycles. The number of esters is 1. The molecule has 0 spiro atoms. The molecule has 0 bridgehead atoms. The molecule has 8 nitrogen and oxygen atoms in total. The lowest BCUT2D eigenvalue weighted by Gasteiger charge is -2.29. The van der Waals surface area contributed by atoms with E-state index in [0.717, 1.165) is 30.5 Å². The summed E-state index contributed by atoms with van der Waals surface area (Å²) in [6.07, 6.45) is 4.38. The van der Waals surface area contributed by atoms with Crippen molar-refractivity contribution in [1.82, 2.24) is 10.5 Å². The van der Waals surface area contributed by atoms with Crippen LogP contribution in [0, 0.1) is 19.8 Å². The minimum atomic E-state index is -0.595. The molecule has 1 aliphatic rings. The first-order valence-electron chi connectivity index (χ1n) is 10.6. The van der Waals surface area contributed by atoms with Crippen LogP contribution in [0.4, 0.5) is 0 Å². The van der Waals surface area contributed by atoms with Crippen LogP contribution < -0.4 is 14.8 Å². The highest BCUT2D eigenvalue weighted by atomic mass is 16.5. The molecule has 0 aliphatic heterocycles. The second kappa shape index (κ2) is 10.3. The molecule has 1 aromatic heterocycles. The van der Waals surface area contributed by atoms with Crippen molar-refractivity contribution in [2.45, 2.75) is 59.1 Å². The second-order valence-electron chi connectivity index (χ2n) is 7.97. The van der Waals surface area contributed by atoms with Crippen molar-refractivity contribution in [2.24, 2.45) is 5.92 Å². The van der Waals surface area contributed by atoms with Crippen molar-refractivity contribution < 1.29 is 28.3 Å². The van der Waals surface area contributed by atoms with E-state index in [9.17, 15) is 9.59 Å². The van der Waals surface area contributed by atoms with E-state index in [-0.39, 0.29) is 30.7 Å². The van der Waals surface area contributed by atoms with Gasteiger partial charge in [0, 0.05) is 6.04 Å². The second-order valence-corrected chi connectivity index (χ2v) is 7.97. The quantitative estimate of drug-likeness (QED) is 0.637. The first kappa shape index (κ1) is 22.7. The van der Waals surface area contributed by atoms with Crippen LogP contribution in [0.1, 0.15) is 60.0 Å². The van der Waals surface area contributed by atoms with Crippen LogP contribution >= 0.6 is 0 Å². The molecule has 1 heterocycles. The molecule has 168 valence electrons. The third kappa shape index (κ3) is 5.77. The average Bonchev–Trinajstić information content (AvgIpc) is 3.09. The SMILES string of the molecule is COc1cc(C(=O)OCC(=O)N[C@@H]2CCCC[C@H]2C)ccc1OCc1c(C)noc1C. The Kier molecular flexibility index (Phi) is 7.55. The molecular weight excluding hydrogens is 400 g/mol. The Morgan fingerprint density at radius 1 is 1.19 bits per heavy atom. The first-order chi connectivity index (χ1) is 14.9. The van der Waals surface area contributed by atoms with Gasteiger partial charge in [-0.15, -0.1) is 0 Å². The molecule has 0 unspecified atom stereocenters. The van der Waals surface area contributed by atoms with Gasteiger partial charge in [0.05, 0.1) is 23.9 Å². The highest BCUT2D eigenvalue weighted by Gasteiger charge is 2.23. The lowest BCUT2D eigenvalue weighted by Crippen LogP contribution is -2.42. The van der Waals surface area contributed by atoms with E-state index < -0.39 is 5.97 Å². The number of carbonyl (C=O) groups excluding carboxylic acids is 2. The molecule has 1 fully saturated rings. The summed E-state index contributed by atoms with van der Waals surface area (Å²) in [5.74, 6) is 1.12. The van der Waals surface area contributed by atoms with Crippen LogP contribution in [0.2, 0.25) is 0 Å². The summed E-state index contributed by atoms with van der Waals surface area (Å²) >= 11 is 0. The Morgan fingerprint density at radius 3 is 2.65 bits per heavy atom. The van der Waals surface area contributed by atoms with Crippen molar-refractivity contribution in [3.8, 4) is 11.5 Å². The zero-order valence-corrected chi connectivity index (χ0v) is 18.5. The molecule has 2 atom stereocenters. The van der Waals surface area contributed by atoms with Gasteiger partial charge in [-0.05, 0) is 50.8 Å². The van der Waals surface area contributed by atoms with Gasteiger partial charge < -0.3 is 24.1 Å². The highest BCUT2D eigenvalue weighted by Crippen LogP contribution is 2.30. The van der Waals surface area contributed by atoms with Crippen LogP contribution in [0.5, 0.6) is 11.5 Å². The van der Waals surface area contributed by atoms with Crippen LogP contribution in [-0.2, 0) is 16.1 Å². The summed E-state index contributed by atoms with van der Waals surface area (Å²) in [7, 11) is 1.49. The molecule has 0 saturated heterocycles. The monoisotopic (exact) mass is 430 g/mol. The van der Waals surface area contributed by atoms with Crippen molar-refractivity contribution in [3.63, 3.8) is 0 Å². The minimum Gasteiger partial charge on any atom is -0.493 e. The Bertz CT molecular complexity index is 903. The predicted octanol–water partition coefficient (Wildman–Crippen LogP) is 3.73. The molecule has 1 saturated carbocycles. The zero-order chi connectivity index (χ0) is 22.4. The molecule has 2 aromatic rings. The maximum absolute atomic E-state index is 12.4. The van der Waals surface area contributed by atoms with Gasteiger partial charge in [-0.3, -0.25) is 4.79 Å². The fourth-order valence-electron chi connectivity index (χ4n) is 3.77. The number of aryl methyl sites for hydroxylation is 2. The highest BCUT2D eigenvalue weighted by molar-refractivity contribution is 5.92. The number of methoxy groups -OCH3 is 1. The van der Waals surface area contributed by atoms with Crippen molar-refractivity contribution in [2.75, 3.05) is 13.7 Å². The van der Waals surface area contributed by atoms with Gasteiger partial charge >= 0.3 is 5.97 Å². The average molecular weight is 431 g/mol. The normalized spacial score (nSPS) is 18.3. The molecule has 3 rings (SSSR count). The van der Waals surface area contributed by atoms with Gasteiger partial charge in [0.25, 0.3) is 5.91 Å². The third-order valence-electron chi connectivity index (χ3n) is 5.74. The van der Waals surface area contributed by atoms with Gasteiger partial charge in [-0.2, -0.15) is 0 Å². The molecule has 1 N–H and O–H groups in total. The van der Waals surface area contributed by atoms with Crippen molar-refractivity contribution in [1.29, 1.82) is 0 Å². The predicted molar refractivity (Wildman–Crippen MR) is 113 cm³/mol. The van der Waals surface area contributed by atoms with E-state index in [0.29, 0.717) is 23.2 Å². The number of carbonyl (C=O) groups is 2. The number of nitrogens with one attached hydrogen (secondary N) is 1. The Balaban J connectivity index is 1.55. The number of nitrogens with zero attached hydrogens (tertiary/aromatic N) is 1. The van der Waals surface area contributed by atoms with Crippen LogP contribution in [-0.4, -0.2) is 36.8 Å². The van der Waals surface area contributed by atoms with E-state index in [2.05, 4.69) is 17.4 Å². The summed E-state index contributed by atoms with van der Waals surface area (Å²) in [5.41, 5.74) is 1.90. The molecular formula is C23H30N2O6. The largest absolute Gasteiger partial charge is 0.493 e. The number of ether oxygens (including phenoxy) is 3. The number of aromatic nitrogens is 1. The van der Waals surface area contributed by atoms with Crippen LogP contribution in [0.3, 0.4) is 0 Å². The third-order valence-corrected chi connectivity index (χ3v) is 5.74. The van der Waals surface area contributed by atoms with Crippen LogP contribution in [0.25, 0.3) is 0 Å². The van der Waals surface area contributed by atoms with Crippen molar-refractivity contribution >= 4 is 11.9 Å². The van der Waals surface area contributed by atoms with Gasteiger partial charge in [0.1, 0.15) is 12.4 Å². The number of hydrogen-bond donors (Lipinski definition) is 1. The molecule has 0 radical (unpaired) electrons. The topological polar surface area (TPSA) is 99.9 Å². The zero-order valence-electron chi connectivity index (χ0n) is 18.5. The lowest BCUT2D eigenvalue weighted by molar-refractivity contribution is -0.125. The fraction of sp³-hybridized carbons (Fsp3) is 0.522. The van der Waals surface area contributed by atoms with Gasteiger partial charge in [-0.25, -0.2) is 4.79 Å². The minimum absolute atomic E-state index is 0.147. The van der Waals surface area contributed by atoms with E-state index in [4.69, 9.17) is 18.7 Å². The first-order valence-corrected chi connectivity index (χ1v) is 10.6. The summed E-state index contributed by atoms with van der Waals surface area (Å²) in [4.78, 5) is 24.6. The lowest BCUT2D eigenvalue weighted by atomic mass is 9.86. The fourth-order valence-corrected chi connectivity index (χ4v) is 3.77. The number of rotatable bonds is 8. The number of amides is 1.